The van der Waals surface area contributed by atoms with Crippen LogP contribution in [0.5, 0.6) is 5.75 Å². The molecule has 0 aliphatic heterocycles. The number of hydrogen-bond donors (Lipinski definition) is 3. The third kappa shape index (κ3) is 3.18. The van der Waals surface area contributed by atoms with Gasteiger partial charge in [0.25, 0.3) is 5.91 Å². The van der Waals surface area contributed by atoms with Gasteiger partial charge in [-0.05, 0) is 25.1 Å². The molecule has 0 spiro atoms. The summed E-state index contributed by atoms with van der Waals surface area (Å²) in [7, 11) is 0. The van der Waals surface area contributed by atoms with Crippen molar-refractivity contribution in [1.82, 2.24) is 4.98 Å². The molecule has 1 aromatic carbocycles. The Labute approximate surface area is 147 Å². The summed E-state index contributed by atoms with van der Waals surface area (Å²) in [6.07, 6.45) is 0. The van der Waals surface area contributed by atoms with Gasteiger partial charge in [-0.2, -0.15) is 5.26 Å². The maximum absolute atomic E-state index is 12.6. The maximum atomic E-state index is 12.6. The van der Waals surface area contributed by atoms with Crippen molar-refractivity contribution in [1.29, 1.82) is 5.26 Å². The number of nitrogens with one attached hydrogen (secondary N) is 1. The maximum Gasteiger partial charge on any atom is 0.267 e. The number of carbonyl (C=O) groups is 1. The van der Waals surface area contributed by atoms with E-state index in [1.165, 1.54) is 0 Å². The first-order valence-electron chi connectivity index (χ1n) is 7.46. The lowest BCUT2D eigenvalue weighted by atomic mass is 10.2. The van der Waals surface area contributed by atoms with Crippen molar-refractivity contribution < 1.29 is 9.53 Å². The summed E-state index contributed by atoms with van der Waals surface area (Å²) in [5, 5.41) is 12.4. The lowest BCUT2D eigenvalue weighted by molar-refractivity contribution is 0.103. The van der Waals surface area contributed by atoms with E-state index in [0.717, 1.165) is 11.3 Å². The molecule has 0 aliphatic carbocycles. The molecule has 8 heteroatoms. The molecule has 0 fully saturated rings. The van der Waals surface area contributed by atoms with E-state index in [9.17, 15) is 4.79 Å². The minimum absolute atomic E-state index is 0.118. The smallest absolute Gasteiger partial charge is 0.267 e. The van der Waals surface area contributed by atoms with Crippen LogP contribution < -0.4 is 21.5 Å². The predicted molar refractivity (Wildman–Crippen MR) is 98.7 cm³/mol. The highest BCUT2D eigenvalue weighted by molar-refractivity contribution is 7.21. The molecule has 1 amide bonds. The molecule has 0 radical (unpaired) electrons. The van der Waals surface area contributed by atoms with E-state index in [4.69, 9.17) is 21.5 Å². The molecule has 25 heavy (non-hydrogen) atoms. The van der Waals surface area contributed by atoms with Gasteiger partial charge in [0.05, 0.1) is 17.9 Å². The standard InChI is InChI=1S/C17H15N5O2S/c1-2-24-11-5-3-4-10(7-11)21-16(23)14-13(19)12-6-9(8-18)15(20)22-17(12)25-14/h3-7H,2,19H2,1H3,(H2,20,22)(H,21,23). The van der Waals surface area contributed by atoms with Crippen LogP contribution in [-0.2, 0) is 0 Å². The van der Waals surface area contributed by atoms with Crippen LogP contribution in [0.1, 0.15) is 22.2 Å². The molecule has 5 N–H and O–H groups in total. The molecule has 0 atom stereocenters. The highest BCUT2D eigenvalue weighted by Crippen LogP contribution is 2.34. The molecule has 0 saturated carbocycles. The van der Waals surface area contributed by atoms with E-state index in [0.29, 0.717) is 33.1 Å². The summed E-state index contributed by atoms with van der Waals surface area (Å²) in [4.78, 5) is 17.6. The molecular formula is C17H15N5O2S. The normalized spacial score (nSPS) is 10.4. The second-order valence-electron chi connectivity index (χ2n) is 5.15. The number of fused-ring (bicyclic) bond motifs is 1. The van der Waals surface area contributed by atoms with Crippen molar-refractivity contribution in [3.05, 3.63) is 40.8 Å². The number of carbonyl (C=O) groups excluding carboxylic acids is 1. The highest BCUT2D eigenvalue weighted by Gasteiger charge is 2.19. The Balaban J connectivity index is 1.93. The second kappa shape index (κ2) is 6.67. The van der Waals surface area contributed by atoms with Gasteiger partial charge < -0.3 is 21.5 Å². The van der Waals surface area contributed by atoms with E-state index in [1.54, 1.807) is 24.3 Å². The zero-order valence-corrected chi connectivity index (χ0v) is 14.2. The molecule has 126 valence electrons. The van der Waals surface area contributed by atoms with E-state index in [2.05, 4.69) is 10.3 Å². The number of benzene rings is 1. The summed E-state index contributed by atoms with van der Waals surface area (Å²) in [6.45, 7) is 2.42. The van der Waals surface area contributed by atoms with Crippen LogP contribution >= 0.6 is 11.3 Å². The summed E-state index contributed by atoms with van der Waals surface area (Å²) < 4.78 is 5.42. The van der Waals surface area contributed by atoms with Gasteiger partial charge in [-0.1, -0.05) is 6.07 Å². The highest BCUT2D eigenvalue weighted by atomic mass is 32.1. The largest absolute Gasteiger partial charge is 0.494 e. The Morgan fingerprint density at radius 3 is 2.92 bits per heavy atom. The molecule has 3 rings (SSSR count). The van der Waals surface area contributed by atoms with E-state index in [1.807, 2.05) is 19.1 Å². The van der Waals surface area contributed by atoms with Gasteiger partial charge in [0.2, 0.25) is 0 Å². The van der Waals surface area contributed by atoms with Crippen molar-refractivity contribution in [2.45, 2.75) is 6.92 Å². The molecule has 3 aromatic rings. The molecule has 2 aromatic heterocycles. The van der Waals surface area contributed by atoms with Gasteiger partial charge in [0.1, 0.15) is 27.3 Å². The fourth-order valence-electron chi connectivity index (χ4n) is 2.33. The number of nitrogen functional groups attached to an aromatic ring is 2. The van der Waals surface area contributed by atoms with Crippen molar-refractivity contribution in [2.24, 2.45) is 0 Å². The summed E-state index contributed by atoms with van der Waals surface area (Å²) in [5.41, 5.74) is 12.9. The predicted octanol–water partition coefficient (Wildman–Crippen LogP) is 2.98. The zero-order chi connectivity index (χ0) is 18.0. The van der Waals surface area contributed by atoms with Gasteiger partial charge in [-0.3, -0.25) is 4.79 Å². The number of pyridine rings is 1. The average Bonchev–Trinajstić information content (AvgIpc) is 2.90. The first kappa shape index (κ1) is 16.5. The van der Waals surface area contributed by atoms with Crippen LogP contribution in [0.4, 0.5) is 17.2 Å². The van der Waals surface area contributed by atoms with Crippen molar-refractivity contribution in [2.75, 3.05) is 23.4 Å². The van der Waals surface area contributed by atoms with Crippen LogP contribution in [0.2, 0.25) is 0 Å². The lowest BCUT2D eigenvalue weighted by Gasteiger charge is -2.07. The minimum atomic E-state index is -0.355. The first-order chi connectivity index (χ1) is 12.0. The number of ether oxygens (including phenoxy) is 1. The van der Waals surface area contributed by atoms with Crippen LogP contribution in [-0.4, -0.2) is 17.5 Å². The number of nitrogens with zero attached hydrogens (tertiary/aromatic N) is 2. The molecule has 2 heterocycles. The number of aromatic nitrogens is 1. The fourth-order valence-corrected chi connectivity index (χ4v) is 3.31. The van der Waals surface area contributed by atoms with Gasteiger partial charge >= 0.3 is 0 Å². The topological polar surface area (TPSA) is 127 Å². The Bertz CT molecular complexity index is 1010. The molecular weight excluding hydrogens is 338 g/mol. The number of amides is 1. The van der Waals surface area contributed by atoms with Gasteiger partial charge in [-0.15, -0.1) is 11.3 Å². The molecule has 7 nitrogen and oxygen atoms in total. The zero-order valence-electron chi connectivity index (χ0n) is 13.4. The fraction of sp³-hybridized carbons (Fsp3) is 0.118. The Hall–Kier alpha value is -3.31. The van der Waals surface area contributed by atoms with Crippen LogP contribution in [0, 0.1) is 11.3 Å². The average molecular weight is 353 g/mol. The summed E-state index contributed by atoms with van der Waals surface area (Å²) in [5.74, 6) is 0.427. The van der Waals surface area contributed by atoms with Gasteiger partial charge in [-0.25, -0.2) is 4.98 Å². The van der Waals surface area contributed by atoms with Crippen molar-refractivity contribution in [3.63, 3.8) is 0 Å². The number of rotatable bonds is 4. The third-order valence-corrected chi connectivity index (χ3v) is 4.59. The van der Waals surface area contributed by atoms with Crippen molar-refractivity contribution in [3.8, 4) is 11.8 Å². The molecule has 0 bridgehead atoms. The molecule has 0 unspecified atom stereocenters. The van der Waals surface area contributed by atoms with Gasteiger partial charge in [0.15, 0.2) is 0 Å². The third-order valence-electron chi connectivity index (χ3n) is 3.48. The van der Waals surface area contributed by atoms with Gasteiger partial charge in [0, 0.05) is 17.1 Å². The van der Waals surface area contributed by atoms with E-state index < -0.39 is 0 Å². The van der Waals surface area contributed by atoms with Crippen molar-refractivity contribution >= 4 is 44.7 Å². The SMILES string of the molecule is CCOc1cccc(NC(=O)c2sc3nc(N)c(C#N)cc3c2N)c1. The first-order valence-corrected chi connectivity index (χ1v) is 8.28. The molecule has 0 aliphatic rings. The van der Waals surface area contributed by atoms with Crippen LogP contribution in [0.15, 0.2) is 30.3 Å². The Kier molecular flexibility index (Phi) is 4.41. The number of anilines is 3. The number of nitrogens with two attached hydrogens (primary N) is 2. The number of thiophene rings is 1. The van der Waals surface area contributed by atoms with E-state index in [-0.39, 0.29) is 23.0 Å². The second-order valence-corrected chi connectivity index (χ2v) is 6.14. The monoisotopic (exact) mass is 353 g/mol. The minimum Gasteiger partial charge on any atom is -0.494 e. The Morgan fingerprint density at radius 2 is 2.20 bits per heavy atom. The lowest BCUT2D eigenvalue weighted by Crippen LogP contribution is -2.12. The quantitative estimate of drug-likeness (QED) is 0.661. The number of hydrogen-bond acceptors (Lipinski definition) is 7. The number of nitriles is 1. The van der Waals surface area contributed by atoms with Crippen LogP contribution in [0.25, 0.3) is 10.2 Å². The summed E-state index contributed by atoms with van der Waals surface area (Å²) in [6, 6.07) is 10.6. The summed E-state index contributed by atoms with van der Waals surface area (Å²) >= 11 is 1.13. The Morgan fingerprint density at radius 1 is 1.40 bits per heavy atom. The van der Waals surface area contributed by atoms with Crippen LogP contribution in [0.3, 0.4) is 0 Å². The van der Waals surface area contributed by atoms with E-state index >= 15 is 0 Å². The molecule has 0 saturated heterocycles.